The lowest BCUT2D eigenvalue weighted by molar-refractivity contribution is 0.102. The molecule has 1 atom stereocenters. The Balaban J connectivity index is 1.16. The van der Waals surface area contributed by atoms with E-state index in [9.17, 15) is 4.79 Å². The lowest BCUT2D eigenvalue weighted by Crippen LogP contribution is -2.34. The number of anilines is 2. The van der Waals surface area contributed by atoms with Crippen molar-refractivity contribution >= 4 is 17.3 Å². The standard InChI is InChI=1S/C30H30N4O/c1-33(21-27-9-5-6-19-31-27)29-18-20-34(22-29)28-16-14-26(15-17-28)32-30(35)25-12-10-24(11-13-25)23-7-3-2-4-8-23/h2-17,19,29H,18,20-22H2,1H3,(H,32,35). The molecule has 1 aliphatic heterocycles. The largest absolute Gasteiger partial charge is 0.370 e. The van der Waals surface area contributed by atoms with Gasteiger partial charge in [-0.15, -0.1) is 0 Å². The molecule has 5 rings (SSSR count). The van der Waals surface area contributed by atoms with E-state index in [-0.39, 0.29) is 5.91 Å². The fraction of sp³-hybridized carbons (Fsp3) is 0.200. The number of hydrogen-bond donors (Lipinski definition) is 1. The number of likely N-dealkylation sites (N-methyl/N-ethyl adjacent to an activating group) is 1. The molecule has 5 nitrogen and oxygen atoms in total. The van der Waals surface area contributed by atoms with E-state index in [2.05, 4.69) is 57.5 Å². The minimum atomic E-state index is -0.102. The summed E-state index contributed by atoms with van der Waals surface area (Å²) in [4.78, 5) is 22.0. The number of carbonyl (C=O) groups excluding carboxylic acids is 1. The molecule has 1 amide bonds. The lowest BCUT2D eigenvalue weighted by Gasteiger charge is -2.25. The van der Waals surface area contributed by atoms with Crippen molar-refractivity contribution in [2.75, 3.05) is 30.4 Å². The maximum absolute atomic E-state index is 12.7. The predicted octanol–water partition coefficient (Wildman–Crippen LogP) is 5.71. The third kappa shape index (κ3) is 5.58. The van der Waals surface area contributed by atoms with E-state index in [1.54, 1.807) is 0 Å². The molecule has 4 aromatic rings. The van der Waals surface area contributed by atoms with E-state index >= 15 is 0 Å². The zero-order chi connectivity index (χ0) is 24.0. The predicted molar refractivity (Wildman–Crippen MR) is 143 cm³/mol. The number of rotatable bonds is 7. The molecule has 1 unspecified atom stereocenters. The Morgan fingerprint density at radius 3 is 2.34 bits per heavy atom. The highest BCUT2D eigenvalue weighted by Crippen LogP contribution is 2.25. The topological polar surface area (TPSA) is 48.5 Å². The summed E-state index contributed by atoms with van der Waals surface area (Å²) >= 11 is 0. The number of carbonyl (C=O) groups is 1. The number of nitrogens with zero attached hydrogens (tertiary/aromatic N) is 3. The average Bonchev–Trinajstić information content (AvgIpc) is 3.41. The first-order valence-electron chi connectivity index (χ1n) is 12.1. The Morgan fingerprint density at radius 2 is 1.63 bits per heavy atom. The van der Waals surface area contributed by atoms with Crippen molar-refractivity contribution in [2.45, 2.75) is 19.0 Å². The molecule has 1 aliphatic rings. The van der Waals surface area contributed by atoms with Gasteiger partial charge in [0.1, 0.15) is 0 Å². The van der Waals surface area contributed by atoms with Gasteiger partial charge in [-0.3, -0.25) is 14.7 Å². The molecule has 1 fully saturated rings. The van der Waals surface area contributed by atoms with E-state index in [1.165, 1.54) is 5.69 Å². The first-order valence-corrected chi connectivity index (χ1v) is 12.1. The van der Waals surface area contributed by atoms with Crippen molar-refractivity contribution in [3.05, 3.63) is 115 Å². The molecule has 0 saturated carbocycles. The van der Waals surface area contributed by atoms with Crippen molar-refractivity contribution in [1.82, 2.24) is 9.88 Å². The highest BCUT2D eigenvalue weighted by molar-refractivity contribution is 6.04. The monoisotopic (exact) mass is 462 g/mol. The van der Waals surface area contributed by atoms with Crippen LogP contribution in [-0.4, -0.2) is 42.0 Å². The van der Waals surface area contributed by atoms with Crippen molar-refractivity contribution < 1.29 is 4.79 Å². The van der Waals surface area contributed by atoms with E-state index in [4.69, 9.17) is 0 Å². The minimum Gasteiger partial charge on any atom is -0.370 e. The normalized spacial score (nSPS) is 15.4. The molecule has 1 N–H and O–H groups in total. The van der Waals surface area contributed by atoms with E-state index in [1.807, 2.05) is 72.9 Å². The van der Waals surface area contributed by atoms with Gasteiger partial charge in [0.25, 0.3) is 5.91 Å². The van der Waals surface area contributed by atoms with Crippen LogP contribution in [0.2, 0.25) is 0 Å². The molecule has 5 heteroatoms. The summed E-state index contributed by atoms with van der Waals surface area (Å²) in [5, 5.41) is 3.02. The van der Waals surface area contributed by atoms with Crippen molar-refractivity contribution in [1.29, 1.82) is 0 Å². The Labute approximate surface area is 207 Å². The molecule has 3 aromatic carbocycles. The van der Waals surface area contributed by atoms with E-state index < -0.39 is 0 Å². The molecule has 0 radical (unpaired) electrons. The summed E-state index contributed by atoms with van der Waals surface area (Å²) < 4.78 is 0. The molecule has 1 aromatic heterocycles. The zero-order valence-corrected chi connectivity index (χ0v) is 20.0. The third-order valence-corrected chi connectivity index (χ3v) is 6.67. The van der Waals surface area contributed by atoms with Gasteiger partial charge >= 0.3 is 0 Å². The fourth-order valence-electron chi connectivity index (χ4n) is 4.62. The molecule has 1 saturated heterocycles. The van der Waals surface area contributed by atoms with Crippen LogP contribution in [0.5, 0.6) is 0 Å². The first-order chi connectivity index (χ1) is 17.2. The zero-order valence-electron chi connectivity index (χ0n) is 20.0. The fourth-order valence-corrected chi connectivity index (χ4v) is 4.62. The van der Waals surface area contributed by atoms with Crippen LogP contribution in [-0.2, 0) is 6.54 Å². The van der Waals surface area contributed by atoms with Gasteiger partial charge in [0, 0.05) is 48.8 Å². The van der Waals surface area contributed by atoms with Gasteiger partial charge in [0.2, 0.25) is 0 Å². The van der Waals surface area contributed by atoms with Crippen LogP contribution < -0.4 is 10.2 Å². The first kappa shape index (κ1) is 22.8. The number of amides is 1. The number of pyridine rings is 1. The molecule has 0 bridgehead atoms. The second-order valence-corrected chi connectivity index (χ2v) is 9.07. The van der Waals surface area contributed by atoms with Gasteiger partial charge in [-0.05, 0) is 73.1 Å². The van der Waals surface area contributed by atoms with Crippen LogP contribution in [0.3, 0.4) is 0 Å². The Morgan fingerprint density at radius 1 is 0.914 bits per heavy atom. The molecular weight excluding hydrogens is 432 g/mol. The van der Waals surface area contributed by atoms with Gasteiger partial charge in [0.15, 0.2) is 0 Å². The molecule has 176 valence electrons. The Kier molecular flexibility index (Phi) is 6.87. The number of hydrogen-bond acceptors (Lipinski definition) is 4. The highest BCUT2D eigenvalue weighted by atomic mass is 16.1. The lowest BCUT2D eigenvalue weighted by atomic mass is 10.0. The minimum absolute atomic E-state index is 0.102. The SMILES string of the molecule is CN(Cc1ccccn1)C1CCN(c2ccc(NC(=O)c3ccc(-c4ccccc4)cc3)cc2)C1. The van der Waals surface area contributed by atoms with Crippen molar-refractivity contribution in [2.24, 2.45) is 0 Å². The molecular formula is C30H30N4O. The van der Waals surface area contributed by atoms with Gasteiger partial charge in [-0.25, -0.2) is 0 Å². The van der Waals surface area contributed by atoms with Gasteiger partial charge in [-0.1, -0.05) is 48.5 Å². The second kappa shape index (κ2) is 10.5. The maximum atomic E-state index is 12.7. The van der Waals surface area contributed by atoms with Crippen LogP contribution in [0.15, 0.2) is 103 Å². The maximum Gasteiger partial charge on any atom is 0.255 e. The molecule has 2 heterocycles. The average molecular weight is 463 g/mol. The summed E-state index contributed by atoms with van der Waals surface area (Å²) in [5.41, 5.74) is 5.97. The third-order valence-electron chi connectivity index (χ3n) is 6.67. The van der Waals surface area contributed by atoms with Crippen molar-refractivity contribution in [3.63, 3.8) is 0 Å². The summed E-state index contributed by atoms with van der Waals surface area (Å²) in [5.74, 6) is -0.102. The summed E-state index contributed by atoms with van der Waals surface area (Å²) in [6, 6.07) is 32.6. The highest BCUT2D eigenvalue weighted by Gasteiger charge is 2.26. The quantitative estimate of drug-likeness (QED) is 0.382. The van der Waals surface area contributed by atoms with Gasteiger partial charge in [0.05, 0.1) is 5.69 Å². The van der Waals surface area contributed by atoms with Crippen molar-refractivity contribution in [3.8, 4) is 11.1 Å². The summed E-state index contributed by atoms with van der Waals surface area (Å²) in [6.45, 7) is 2.87. The second-order valence-electron chi connectivity index (χ2n) is 9.07. The van der Waals surface area contributed by atoms with Gasteiger partial charge in [-0.2, -0.15) is 0 Å². The van der Waals surface area contributed by atoms with Gasteiger partial charge < -0.3 is 10.2 Å². The smallest absolute Gasteiger partial charge is 0.255 e. The number of benzene rings is 3. The molecule has 35 heavy (non-hydrogen) atoms. The Bertz CT molecular complexity index is 1240. The summed E-state index contributed by atoms with van der Waals surface area (Å²) in [7, 11) is 2.17. The van der Waals surface area contributed by atoms with Crippen LogP contribution in [0.4, 0.5) is 11.4 Å². The van der Waals surface area contributed by atoms with E-state index in [0.717, 1.165) is 48.6 Å². The van der Waals surface area contributed by atoms with Crippen LogP contribution >= 0.6 is 0 Å². The van der Waals surface area contributed by atoms with Crippen LogP contribution in [0.1, 0.15) is 22.5 Å². The van der Waals surface area contributed by atoms with E-state index in [0.29, 0.717) is 11.6 Å². The number of aromatic nitrogens is 1. The number of nitrogens with one attached hydrogen (secondary N) is 1. The van der Waals surface area contributed by atoms with Crippen LogP contribution in [0, 0.1) is 0 Å². The molecule has 0 spiro atoms. The Hall–Kier alpha value is -3.96. The molecule has 0 aliphatic carbocycles. The van der Waals surface area contributed by atoms with Crippen LogP contribution in [0.25, 0.3) is 11.1 Å². The summed E-state index contributed by atoms with van der Waals surface area (Å²) in [6.07, 6.45) is 2.98.